The maximum atomic E-state index is 12.9. The van der Waals surface area contributed by atoms with Gasteiger partial charge >= 0.3 is 0 Å². The second kappa shape index (κ2) is 7.04. The summed E-state index contributed by atoms with van der Waals surface area (Å²) in [7, 11) is -3.02. The third-order valence-corrected chi connectivity index (χ3v) is 7.28. The van der Waals surface area contributed by atoms with E-state index in [0.29, 0.717) is 26.1 Å². The Kier molecular flexibility index (Phi) is 5.66. The number of ether oxygens (including phenoxy) is 1. The Morgan fingerprint density at radius 1 is 1.05 bits per heavy atom. The van der Waals surface area contributed by atoms with Crippen molar-refractivity contribution in [2.75, 3.05) is 19.8 Å². The lowest BCUT2D eigenvalue weighted by atomic mass is 10.1. The van der Waals surface area contributed by atoms with E-state index in [1.165, 1.54) is 6.42 Å². The smallest absolute Gasteiger partial charge is 0.157 e. The largest absolute Gasteiger partial charge is 0.381 e. The van der Waals surface area contributed by atoms with Gasteiger partial charge in [0, 0.05) is 19.3 Å². The minimum absolute atomic E-state index is 0.153. The maximum absolute atomic E-state index is 12.9. The van der Waals surface area contributed by atoms with Crippen LogP contribution in [0.15, 0.2) is 0 Å². The zero-order valence-corrected chi connectivity index (χ0v) is 12.8. The van der Waals surface area contributed by atoms with Crippen molar-refractivity contribution in [3.8, 4) is 0 Å². The van der Waals surface area contributed by atoms with Crippen molar-refractivity contribution in [3.63, 3.8) is 0 Å². The van der Waals surface area contributed by atoms with Crippen LogP contribution >= 0.6 is 0 Å². The number of hydrogen-bond acceptors (Lipinski definition) is 4. The highest BCUT2D eigenvalue weighted by atomic mass is 32.2. The molecule has 112 valence electrons. The van der Waals surface area contributed by atoms with Gasteiger partial charge in [-0.1, -0.05) is 26.2 Å². The van der Waals surface area contributed by atoms with Crippen molar-refractivity contribution in [2.24, 2.45) is 0 Å². The summed E-state index contributed by atoms with van der Waals surface area (Å²) in [6, 6.07) is 0.153. The van der Waals surface area contributed by atoms with Gasteiger partial charge in [-0.2, -0.15) is 0 Å². The molecule has 0 aromatic rings. The van der Waals surface area contributed by atoms with Crippen molar-refractivity contribution < 1.29 is 13.2 Å². The molecule has 0 spiro atoms. The molecular weight excluding hydrogens is 262 g/mol. The fourth-order valence-corrected chi connectivity index (χ4v) is 5.94. The molecule has 0 aromatic heterocycles. The molecule has 2 aliphatic rings. The van der Waals surface area contributed by atoms with Gasteiger partial charge in [0.25, 0.3) is 0 Å². The third kappa shape index (κ3) is 3.70. The second-order valence-electron chi connectivity index (χ2n) is 5.74. The molecular formula is C14H27NO3S. The summed E-state index contributed by atoms with van der Waals surface area (Å²) < 4.78 is 31.1. The number of sulfone groups is 1. The van der Waals surface area contributed by atoms with E-state index in [1.807, 2.05) is 0 Å². The molecule has 1 aliphatic carbocycles. The van der Waals surface area contributed by atoms with Gasteiger partial charge in [0.15, 0.2) is 9.84 Å². The molecule has 1 saturated carbocycles. The van der Waals surface area contributed by atoms with E-state index in [-0.39, 0.29) is 16.5 Å². The third-order valence-electron chi connectivity index (χ3n) is 4.47. The van der Waals surface area contributed by atoms with Gasteiger partial charge in [-0.3, -0.25) is 0 Å². The minimum atomic E-state index is -3.02. The summed E-state index contributed by atoms with van der Waals surface area (Å²) >= 11 is 0. The molecule has 2 atom stereocenters. The van der Waals surface area contributed by atoms with Crippen LogP contribution in [-0.4, -0.2) is 44.7 Å². The molecule has 19 heavy (non-hydrogen) atoms. The van der Waals surface area contributed by atoms with E-state index >= 15 is 0 Å². The molecule has 1 heterocycles. The van der Waals surface area contributed by atoms with E-state index in [4.69, 9.17) is 4.74 Å². The highest BCUT2D eigenvalue weighted by Gasteiger charge is 2.39. The van der Waals surface area contributed by atoms with E-state index in [0.717, 1.165) is 32.2 Å². The second-order valence-corrected chi connectivity index (χ2v) is 8.19. The summed E-state index contributed by atoms with van der Waals surface area (Å²) in [4.78, 5) is 0. The fourth-order valence-electron chi connectivity index (χ4n) is 3.41. The summed E-state index contributed by atoms with van der Waals surface area (Å²) in [5.41, 5.74) is 0. The summed E-state index contributed by atoms with van der Waals surface area (Å²) in [5, 5.41) is 3.05. The van der Waals surface area contributed by atoms with Crippen LogP contribution in [0.25, 0.3) is 0 Å². The Morgan fingerprint density at radius 3 is 2.42 bits per heavy atom. The molecule has 2 fully saturated rings. The highest BCUT2D eigenvalue weighted by Crippen LogP contribution is 2.29. The van der Waals surface area contributed by atoms with Crippen LogP contribution < -0.4 is 5.32 Å². The van der Waals surface area contributed by atoms with Gasteiger partial charge in [0.1, 0.15) is 0 Å². The predicted octanol–water partition coefficient (Wildman–Crippen LogP) is 1.89. The van der Waals surface area contributed by atoms with Crippen molar-refractivity contribution in [2.45, 2.75) is 68.4 Å². The van der Waals surface area contributed by atoms with Crippen LogP contribution in [0.1, 0.15) is 51.9 Å². The molecule has 0 bridgehead atoms. The highest BCUT2D eigenvalue weighted by molar-refractivity contribution is 7.92. The van der Waals surface area contributed by atoms with Gasteiger partial charge in [0.05, 0.1) is 10.5 Å². The zero-order valence-electron chi connectivity index (χ0n) is 11.9. The van der Waals surface area contributed by atoms with Gasteiger partial charge in [0.2, 0.25) is 0 Å². The summed E-state index contributed by atoms with van der Waals surface area (Å²) in [5.74, 6) is 0. The predicted molar refractivity (Wildman–Crippen MR) is 77.1 cm³/mol. The summed E-state index contributed by atoms with van der Waals surface area (Å²) in [6.45, 7) is 4.11. The molecule has 5 heteroatoms. The Labute approximate surface area is 117 Å². The maximum Gasteiger partial charge on any atom is 0.157 e. The van der Waals surface area contributed by atoms with Crippen LogP contribution in [0.5, 0.6) is 0 Å². The first kappa shape index (κ1) is 15.3. The molecule has 2 unspecified atom stereocenters. The van der Waals surface area contributed by atoms with Crippen LogP contribution in [0.3, 0.4) is 0 Å². The van der Waals surface area contributed by atoms with Gasteiger partial charge in [-0.25, -0.2) is 8.42 Å². The Bertz CT molecular complexity index is 363. The van der Waals surface area contributed by atoms with Gasteiger partial charge in [-0.15, -0.1) is 0 Å². The van der Waals surface area contributed by atoms with Crippen molar-refractivity contribution >= 4 is 9.84 Å². The molecule has 0 aromatic carbocycles. The van der Waals surface area contributed by atoms with Crippen molar-refractivity contribution in [1.82, 2.24) is 5.32 Å². The topological polar surface area (TPSA) is 55.4 Å². The lowest BCUT2D eigenvalue weighted by Crippen LogP contribution is -2.47. The van der Waals surface area contributed by atoms with E-state index in [1.54, 1.807) is 0 Å². The van der Waals surface area contributed by atoms with E-state index < -0.39 is 9.84 Å². The molecule has 0 amide bonds. The lowest BCUT2D eigenvalue weighted by Gasteiger charge is -2.31. The molecule has 4 nitrogen and oxygen atoms in total. The minimum Gasteiger partial charge on any atom is -0.381 e. The van der Waals surface area contributed by atoms with Crippen molar-refractivity contribution in [3.05, 3.63) is 0 Å². The Morgan fingerprint density at radius 2 is 1.74 bits per heavy atom. The monoisotopic (exact) mass is 289 g/mol. The first-order valence-corrected chi connectivity index (χ1v) is 9.31. The SMILES string of the molecule is CCNC1CCCCCC1S(=O)(=O)C1CCOCC1. The molecule has 2 rings (SSSR count). The standard InChI is InChI=1S/C14H27NO3S/c1-2-15-13-6-4-3-5-7-14(13)19(16,17)12-8-10-18-11-9-12/h12-15H,2-11H2,1H3. The number of hydrogen-bond donors (Lipinski definition) is 1. The number of rotatable bonds is 4. The first-order valence-electron chi connectivity index (χ1n) is 7.70. The molecule has 1 saturated heterocycles. The Balaban J connectivity index is 2.13. The normalized spacial score (nSPS) is 31.0. The molecule has 1 aliphatic heterocycles. The van der Waals surface area contributed by atoms with Crippen molar-refractivity contribution in [1.29, 1.82) is 0 Å². The Hall–Kier alpha value is -0.130. The van der Waals surface area contributed by atoms with Crippen LogP contribution in [-0.2, 0) is 14.6 Å². The van der Waals surface area contributed by atoms with Crippen LogP contribution in [0.2, 0.25) is 0 Å². The lowest BCUT2D eigenvalue weighted by molar-refractivity contribution is 0.0980. The average molecular weight is 289 g/mol. The van der Waals surface area contributed by atoms with Crippen LogP contribution in [0, 0.1) is 0 Å². The van der Waals surface area contributed by atoms with E-state index in [2.05, 4.69) is 12.2 Å². The average Bonchev–Trinajstić information content (AvgIpc) is 2.66. The molecule has 0 radical (unpaired) electrons. The summed E-state index contributed by atoms with van der Waals surface area (Å²) in [6.07, 6.45) is 6.56. The number of nitrogens with one attached hydrogen (secondary N) is 1. The van der Waals surface area contributed by atoms with Gasteiger partial charge < -0.3 is 10.1 Å². The fraction of sp³-hybridized carbons (Fsp3) is 1.00. The first-order chi connectivity index (χ1) is 9.16. The van der Waals surface area contributed by atoms with E-state index in [9.17, 15) is 8.42 Å². The quantitative estimate of drug-likeness (QED) is 0.803. The molecule has 1 N–H and O–H groups in total. The zero-order chi connectivity index (χ0) is 13.7. The van der Waals surface area contributed by atoms with Crippen LogP contribution in [0.4, 0.5) is 0 Å². The van der Waals surface area contributed by atoms with Gasteiger partial charge in [-0.05, 0) is 32.2 Å².